The molecule has 0 radical (unpaired) electrons. The summed E-state index contributed by atoms with van der Waals surface area (Å²) in [6.45, 7) is 3.66. The summed E-state index contributed by atoms with van der Waals surface area (Å²) in [5.41, 5.74) is 0. The Bertz CT molecular complexity index is 252. The van der Waals surface area contributed by atoms with E-state index in [1.165, 1.54) is 26.2 Å². The van der Waals surface area contributed by atoms with Crippen molar-refractivity contribution in [2.45, 2.75) is 58.8 Å². The third kappa shape index (κ3) is 4.49. The second-order valence-electron chi connectivity index (χ2n) is 4.95. The average molecular weight is 240 g/mol. The molecule has 0 spiro atoms. The second-order valence-corrected chi connectivity index (χ2v) is 4.95. The fourth-order valence-corrected chi connectivity index (χ4v) is 2.74. The topological polar surface area (TPSA) is 43.4 Å². The van der Waals surface area contributed by atoms with Crippen molar-refractivity contribution in [3.05, 3.63) is 0 Å². The molecule has 98 valence electrons. The van der Waals surface area contributed by atoms with Gasteiger partial charge in [0.15, 0.2) is 0 Å². The molecule has 0 saturated heterocycles. The van der Waals surface area contributed by atoms with Gasteiger partial charge in [0.2, 0.25) is 0 Å². The van der Waals surface area contributed by atoms with E-state index in [1.807, 2.05) is 0 Å². The highest BCUT2D eigenvalue weighted by atomic mass is 16.5. The summed E-state index contributed by atoms with van der Waals surface area (Å²) >= 11 is 0. The van der Waals surface area contributed by atoms with Crippen LogP contribution in [0.1, 0.15) is 58.8 Å². The molecule has 1 rings (SSSR count). The van der Waals surface area contributed by atoms with Crippen LogP contribution in [-0.4, -0.2) is 18.4 Å². The highest BCUT2D eigenvalue weighted by molar-refractivity contribution is 5.98. The van der Waals surface area contributed by atoms with Crippen LogP contribution in [0, 0.1) is 11.8 Å². The van der Waals surface area contributed by atoms with Crippen LogP contribution in [0.4, 0.5) is 0 Å². The minimum atomic E-state index is -0.520. The molecule has 17 heavy (non-hydrogen) atoms. The number of carbonyl (C=O) groups is 2. The minimum Gasteiger partial charge on any atom is -0.465 e. The lowest BCUT2D eigenvalue weighted by atomic mass is 9.80. The summed E-state index contributed by atoms with van der Waals surface area (Å²) in [7, 11) is 0. The van der Waals surface area contributed by atoms with Crippen LogP contribution < -0.4 is 0 Å². The maximum atomic E-state index is 11.8. The van der Waals surface area contributed by atoms with E-state index < -0.39 is 5.92 Å². The minimum absolute atomic E-state index is 0.0333. The zero-order valence-corrected chi connectivity index (χ0v) is 11.0. The zero-order chi connectivity index (χ0) is 12.7. The van der Waals surface area contributed by atoms with Crippen molar-refractivity contribution in [2.24, 2.45) is 11.8 Å². The van der Waals surface area contributed by atoms with Crippen LogP contribution in [0.2, 0.25) is 0 Å². The second kappa shape index (κ2) is 7.46. The quantitative estimate of drug-likeness (QED) is 0.560. The maximum absolute atomic E-state index is 11.8. The Morgan fingerprint density at radius 3 is 2.12 bits per heavy atom. The Morgan fingerprint density at radius 1 is 1.12 bits per heavy atom. The molecule has 1 atom stereocenters. The molecular weight excluding hydrogens is 216 g/mol. The van der Waals surface area contributed by atoms with E-state index in [-0.39, 0.29) is 17.7 Å². The lowest BCUT2D eigenvalue weighted by Gasteiger charge is -2.25. The van der Waals surface area contributed by atoms with E-state index in [2.05, 4.69) is 0 Å². The van der Waals surface area contributed by atoms with E-state index in [1.54, 1.807) is 6.92 Å². The molecule has 1 aliphatic carbocycles. The van der Waals surface area contributed by atoms with Crippen molar-refractivity contribution in [2.75, 3.05) is 6.61 Å². The van der Waals surface area contributed by atoms with Gasteiger partial charge in [-0.15, -0.1) is 0 Å². The Hall–Kier alpha value is -0.860. The molecule has 0 amide bonds. The molecule has 0 heterocycles. The van der Waals surface area contributed by atoms with E-state index in [0.29, 0.717) is 6.61 Å². The number of carbonyl (C=O) groups excluding carboxylic acids is 2. The van der Waals surface area contributed by atoms with Gasteiger partial charge in [-0.2, -0.15) is 0 Å². The standard InChI is InChI=1S/C14H24O3/c1-3-17-14(16)13(11(2)15)12-9-7-5-4-6-8-10-12/h12-13H,3-10H2,1-2H3. The Balaban J connectivity index is 2.66. The largest absolute Gasteiger partial charge is 0.465 e. The predicted octanol–water partition coefficient (Wildman–Crippen LogP) is 3.12. The summed E-state index contributed by atoms with van der Waals surface area (Å²) < 4.78 is 5.03. The summed E-state index contributed by atoms with van der Waals surface area (Å²) in [4.78, 5) is 23.5. The lowest BCUT2D eigenvalue weighted by Crippen LogP contribution is -2.32. The number of ether oxygens (including phenoxy) is 1. The van der Waals surface area contributed by atoms with Crippen LogP contribution in [0.3, 0.4) is 0 Å². The van der Waals surface area contributed by atoms with Crippen LogP contribution in [0.5, 0.6) is 0 Å². The van der Waals surface area contributed by atoms with Crippen molar-refractivity contribution in [3.63, 3.8) is 0 Å². The Kier molecular flexibility index (Phi) is 6.23. The summed E-state index contributed by atoms with van der Waals surface area (Å²) in [5, 5.41) is 0. The first kappa shape index (κ1) is 14.2. The number of esters is 1. The van der Waals surface area contributed by atoms with Crippen molar-refractivity contribution in [3.8, 4) is 0 Å². The van der Waals surface area contributed by atoms with Gasteiger partial charge >= 0.3 is 5.97 Å². The van der Waals surface area contributed by atoms with Gasteiger partial charge in [0.25, 0.3) is 0 Å². The normalized spacial score (nSPS) is 20.1. The summed E-state index contributed by atoms with van der Waals surface area (Å²) in [5.74, 6) is -0.667. The molecule has 1 unspecified atom stereocenters. The maximum Gasteiger partial charge on any atom is 0.316 e. The van der Waals surface area contributed by atoms with Crippen molar-refractivity contribution in [1.82, 2.24) is 0 Å². The van der Waals surface area contributed by atoms with Crippen molar-refractivity contribution >= 4 is 11.8 Å². The van der Waals surface area contributed by atoms with Gasteiger partial charge in [-0.1, -0.05) is 32.1 Å². The van der Waals surface area contributed by atoms with E-state index in [0.717, 1.165) is 25.7 Å². The first-order chi connectivity index (χ1) is 8.16. The number of hydrogen-bond acceptors (Lipinski definition) is 3. The van der Waals surface area contributed by atoms with Crippen LogP contribution in [-0.2, 0) is 14.3 Å². The zero-order valence-electron chi connectivity index (χ0n) is 11.0. The van der Waals surface area contributed by atoms with Crippen molar-refractivity contribution in [1.29, 1.82) is 0 Å². The van der Waals surface area contributed by atoms with Gasteiger partial charge in [0.1, 0.15) is 11.7 Å². The van der Waals surface area contributed by atoms with E-state index >= 15 is 0 Å². The third-order valence-electron chi connectivity index (χ3n) is 3.60. The van der Waals surface area contributed by atoms with Crippen LogP contribution in [0.25, 0.3) is 0 Å². The van der Waals surface area contributed by atoms with Gasteiger partial charge in [-0.05, 0) is 32.6 Å². The average Bonchev–Trinajstić information content (AvgIpc) is 2.21. The Morgan fingerprint density at radius 2 is 1.65 bits per heavy atom. The summed E-state index contributed by atoms with van der Waals surface area (Å²) in [6, 6.07) is 0. The third-order valence-corrected chi connectivity index (χ3v) is 3.60. The SMILES string of the molecule is CCOC(=O)C(C(C)=O)C1CCCCCCC1. The van der Waals surface area contributed by atoms with Crippen LogP contribution in [0.15, 0.2) is 0 Å². The monoisotopic (exact) mass is 240 g/mol. The van der Waals surface area contributed by atoms with E-state index in [4.69, 9.17) is 4.74 Å². The number of rotatable bonds is 4. The fraction of sp³-hybridized carbons (Fsp3) is 0.857. The molecule has 3 nitrogen and oxygen atoms in total. The fourth-order valence-electron chi connectivity index (χ4n) is 2.74. The van der Waals surface area contributed by atoms with Gasteiger partial charge in [0.05, 0.1) is 6.61 Å². The predicted molar refractivity (Wildman–Crippen MR) is 66.6 cm³/mol. The first-order valence-electron chi connectivity index (χ1n) is 6.84. The summed E-state index contributed by atoms with van der Waals surface area (Å²) in [6.07, 6.45) is 7.98. The van der Waals surface area contributed by atoms with Crippen LogP contribution >= 0.6 is 0 Å². The molecule has 3 heteroatoms. The molecule has 0 aliphatic heterocycles. The highest BCUT2D eigenvalue weighted by Crippen LogP contribution is 2.29. The van der Waals surface area contributed by atoms with Crippen molar-refractivity contribution < 1.29 is 14.3 Å². The van der Waals surface area contributed by atoms with Gasteiger partial charge in [-0.25, -0.2) is 0 Å². The molecule has 0 N–H and O–H groups in total. The smallest absolute Gasteiger partial charge is 0.316 e. The number of hydrogen-bond donors (Lipinski definition) is 0. The number of Topliss-reactive ketones (excluding diaryl/α,β-unsaturated/α-hetero) is 1. The van der Waals surface area contributed by atoms with Gasteiger partial charge in [-0.3, -0.25) is 9.59 Å². The van der Waals surface area contributed by atoms with Gasteiger partial charge in [0, 0.05) is 0 Å². The molecule has 1 saturated carbocycles. The molecular formula is C14H24O3. The molecule has 0 bridgehead atoms. The lowest BCUT2D eigenvalue weighted by molar-refractivity contribution is -0.153. The molecule has 0 aromatic carbocycles. The number of ketones is 1. The highest BCUT2D eigenvalue weighted by Gasteiger charge is 2.33. The molecule has 1 aliphatic rings. The van der Waals surface area contributed by atoms with E-state index in [9.17, 15) is 9.59 Å². The Labute approximate surface area is 104 Å². The molecule has 0 aromatic rings. The molecule has 0 aromatic heterocycles. The molecule has 1 fully saturated rings. The first-order valence-corrected chi connectivity index (χ1v) is 6.84. The van der Waals surface area contributed by atoms with Gasteiger partial charge < -0.3 is 4.74 Å².